The molecule has 0 radical (unpaired) electrons. The van der Waals surface area contributed by atoms with Crippen molar-refractivity contribution in [2.75, 3.05) is 11.5 Å². The number of anilines is 2. The number of thiophene rings is 2. The topological polar surface area (TPSA) is 115 Å². The zero-order valence-corrected chi connectivity index (χ0v) is 14.4. The van der Waals surface area contributed by atoms with Crippen LogP contribution in [0.5, 0.6) is 0 Å². The fourth-order valence-corrected chi connectivity index (χ4v) is 4.18. The number of benzene rings is 1. The summed E-state index contributed by atoms with van der Waals surface area (Å²) >= 11 is 2.57. The molecule has 0 fully saturated rings. The summed E-state index contributed by atoms with van der Waals surface area (Å²) in [5.41, 5.74) is 14.1. The van der Waals surface area contributed by atoms with Crippen LogP contribution >= 0.6 is 22.7 Å². The van der Waals surface area contributed by atoms with E-state index in [4.69, 9.17) is 11.5 Å². The Morgan fingerprint density at radius 3 is 2.64 bits per heavy atom. The molecule has 0 bridgehead atoms. The van der Waals surface area contributed by atoms with Crippen molar-refractivity contribution in [3.8, 4) is 22.0 Å². The van der Waals surface area contributed by atoms with Crippen molar-refractivity contribution in [3.63, 3.8) is 0 Å². The molecule has 0 aliphatic heterocycles. The number of hydrogen-bond donors (Lipinski definition) is 3. The molecule has 4 aromatic rings. The number of aromatic carboxylic acids is 1. The van der Waals surface area contributed by atoms with Crippen LogP contribution in [0.3, 0.4) is 0 Å². The van der Waals surface area contributed by atoms with Crippen LogP contribution < -0.4 is 11.5 Å². The van der Waals surface area contributed by atoms with Crippen molar-refractivity contribution >= 4 is 50.2 Å². The van der Waals surface area contributed by atoms with Crippen LogP contribution in [0.15, 0.2) is 41.8 Å². The first-order valence-electron chi connectivity index (χ1n) is 7.27. The summed E-state index contributed by atoms with van der Waals surface area (Å²) in [4.78, 5) is 22.2. The first-order valence-corrected chi connectivity index (χ1v) is 8.97. The summed E-state index contributed by atoms with van der Waals surface area (Å²) in [6.45, 7) is 0. The number of nitrogens with two attached hydrogens (primary N) is 2. The molecular weight excluding hydrogens is 356 g/mol. The van der Waals surface area contributed by atoms with E-state index in [9.17, 15) is 9.90 Å². The van der Waals surface area contributed by atoms with Gasteiger partial charge in [-0.15, -0.1) is 22.7 Å². The second-order valence-electron chi connectivity index (χ2n) is 5.33. The molecule has 1 aromatic carbocycles. The molecule has 0 unspecified atom stereocenters. The number of aromatic nitrogens is 2. The standard InChI is InChI=1S/C17H12N4O2S2/c18-9-4-1-3-8(7-9)13-11-12(19)14(17(22)23)25-16(11)21-15(20-13)10-5-2-6-24-10/h1-7H,18-19H2,(H,22,23). The normalized spacial score (nSPS) is 11.0. The lowest BCUT2D eigenvalue weighted by Gasteiger charge is -2.07. The lowest BCUT2D eigenvalue weighted by Crippen LogP contribution is -1.99. The van der Waals surface area contributed by atoms with Gasteiger partial charge in [0, 0.05) is 11.3 Å². The quantitative estimate of drug-likeness (QED) is 0.472. The summed E-state index contributed by atoms with van der Waals surface area (Å²) in [7, 11) is 0. The van der Waals surface area contributed by atoms with Gasteiger partial charge in [0.15, 0.2) is 5.82 Å². The van der Waals surface area contributed by atoms with Gasteiger partial charge in [-0.05, 0) is 23.6 Å². The van der Waals surface area contributed by atoms with E-state index in [0.29, 0.717) is 27.4 Å². The van der Waals surface area contributed by atoms with Crippen LogP contribution in [0.25, 0.3) is 32.2 Å². The van der Waals surface area contributed by atoms with Crippen molar-refractivity contribution in [1.29, 1.82) is 0 Å². The summed E-state index contributed by atoms with van der Waals surface area (Å²) in [6.07, 6.45) is 0. The van der Waals surface area contributed by atoms with E-state index in [1.165, 1.54) is 11.3 Å². The molecule has 0 saturated carbocycles. The molecule has 0 saturated heterocycles. The third-order valence-electron chi connectivity index (χ3n) is 3.68. The van der Waals surface area contributed by atoms with Crippen molar-refractivity contribution in [3.05, 3.63) is 46.7 Å². The minimum atomic E-state index is -1.07. The van der Waals surface area contributed by atoms with Gasteiger partial charge < -0.3 is 16.6 Å². The number of carboxylic acid groups (broad SMARTS) is 1. The molecule has 3 heterocycles. The van der Waals surface area contributed by atoms with Crippen LogP contribution in [-0.4, -0.2) is 21.0 Å². The number of hydrogen-bond acceptors (Lipinski definition) is 7. The minimum absolute atomic E-state index is 0.0674. The van der Waals surface area contributed by atoms with Crippen LogP contribution in [0.4, 0.5) is 11.4 Å². The van der Waals surface area contributed by atoms with E-state index < -0.39 is 5.97 Å². The molecular formula is C17H12N4O2S2. The minimum Gasteiger partial charge on any atom is -0.477 e. The molecule has 124 valence electrons. The Morgan fingerprint density at radius 2 is 1.96 bits per heavy atom. The fraction of sp³-hybridized carbons (Fsp3) is 0. The number of carbonyl (C=O) groups is 1. The second-order valence-corrected chi connectivity index (χ2v) is 7.28. The largest absolute Gasteiger partial charge is 0.477 e. The highest BCUT2D eigenvalue weighted by atomic mass is 32.1. The van der Waals surface area contributed by atoms with Gasteiger partial charge >= 0.3 is 5.97 Å². The average Bonchev–Trinajstić information content (AvgIpc) is 3.22. The van der Waals surface area contributed by atoms with E-state index in [0.717, 1.165) is 21.8 Å². The molecule has 4 rings (SSSR count). The molecule has 25 heavy (non-hydrogen) atoms. The Labute approximate surface area is 150 Å². The molecule has 0 amide bonds. The maximum Gasteiger partial charge on any atom is 0.348 e. The lowest BCUT2D eigenvalue weighted by atomic mass is 10.1. The maximum absolute atomic E-state index is 11.5. The van der Waals surface area contributed by atoms with E-state index >= 15 is 0 Å². The van der Waals surface area contributed by atoms with Gasteiger partial charge in [-0.2, -0.15) is 0 Å². The van der Waals surface area contributed by atoms with Crippen LogP contribution in [0.1, 0.15) is 9.67 Å². The third-order valence-corrected chi connectivity index (χ3v) is 5.64. The Kier molecular flexibility index (Phi) is 3.63. The SMILES string of the molecule is Nc1cccc(-c2nc(-c3cccs3)nc3sc(C(=O)O)c(N)c23)c1. The smallest absolute Gasteiger partial charge is 0.348 e. The van der Waals surface area contributed by atoms with Gasteiger partial charge in [-0.3, -0.25) is 0 Å². The van der Waals surface area contributed by atoms with Gasteiger partial charge in [0.1, 0.15) is 9.71 Å². The highest BCUT2D eigenvalue weighted by molar-refractivity contribution is 7.21. The van der Waals surface area contributed by atoms with Crippen LogP contribution in [0, 0.1) is 0 Å². The zero-order chi connectivity index (χ0) is 17.6. The van der Waals surface area contributed by atoms with E-state index in [1.54, 1.807) is 12.1 Å². The molecule has 0 atom stereocenters. The zero-order valence-electron chi connectivity index (χ0n) is 12.8. The lowest BCUT2D eigenvalue weighted by molar-refractivity contribution is 0.0703. The van der Waals surface area contributed by atoms with Gasteiger partial charge in [0.2, 0.25) is 0 Å². The first-order chi connectivity index (χ1) is 12.0. The number of fused-ring (bicyclic) bond motifs is 1. The van der Waals surface area contributed by atoms with Gasteiger partial charge in [-0.25, -0.2) is 14.8 Å². The van der Waals surface area contributed by atoms with Gasteiger partial charge in [-0.1, -0.05) is 18.2 Å². The molecule has 0 spiro atoms. The highest BCUT2D eigenvalue weighted by Crippen LogP contribution is 2.40. The van der Waals surface area contributed by atoms with E-state index in [-0.39, 0.29) is 10.6 Å². The monoisotopic (exact) mass is 368 g/mol. The predicted molar refractivity (Wildman–Crippen MR) is 102 cm³/mol. The average molecular weight is 368 g/mol. The third kappa shape index (κ3) is 2.61. The Balaban J connectivity index is 2.08. The summed E-state index contributed by atoms with van der Waals surface area (Å²) in [5.74, 6) is -0.533. The van der Waals surface area contributed by atoms with E-state index in [1.807, 2.05) is 29.6 Å². The van der Waals surface area contributed by atoms with Crippen LogP contribution in [-0.2, 0) is 0 Å². The van der Waals surface area contributed by atoms with Crippen molar-refractivity contribution in [2.45, 2.75) is 0 Å². The number of nitrogens with zero attached hydrogens (tertiary/aromatic N) is 2. The number of carboxylic acids is 1. The first kappa shape index (κ1) is 15.6. The summed E-state index contributed by atoms with van der Waals surface area (Å²) in [5, 5.41) is 11.9. The molecule has 5 N–H and O–H groups in total. The summed E-state index contributed by atoms with van der Waals surface area (Å²) in [6, 6.07) is 11.1. The highest BCUT2D eigenvalue weighted by Gasteiger charge is 2.22. The number of rotatable bonds is 3. The van der Waals surface area contributed by atoms with Gasteiger partial charge in [0.25, 0.3) is 0 Å². The molecule has 0 aliphatic carbocycles. The molecule has 8 heteroatoms. The molecule has 6 nitrogen and oxygen atoms in total. The van der Waals surface area contributed by atoms with Crippen molar-refractivity contribution in [1.82, 2.24) is 9.97 Å². The van der Waals surface area contributed by atoms with Crippen molar-refractivity contribution in [2.24, 2.45) is 0 Å². The summed E-state index contributed by atoms with van der Waals surface area (Å²) < 4.78 is 0. The molecule has 3 aromatic heterocycles. The van der Waals surface area contributed by atoms with Crippen molar-refractivity contribution < 1.29 is 9.90 Å². The Morgan fingerprint density at radius 1 is 1.12 bits per heavy atom. The number of nitrogen functional groups attached to an aromatic ring is 2. The molecule has 0 aliphatic rings. The fourth-order valence-electron chi connectivity index (χ4n) is 2.59. The maximum atomic E-state index is 11.5. The van der Waals surface area contributed by atoms with Crippen LogP contribution in [0.2, 0.25) is 0 Å². The second kappa shape index (κ2) is 5.83. The van der Waals surface area contributed by atoms with Gasteiger partial charge in [0.05, 0.1) is 21.6 Å². The Hall–Kier alpha value is -2.97. The Bertz CT molecular complexity index is 1100. The van der Waals surface area contributed by atoms with E-state index in [2.05, 4.69) is 9.97 Å². The predicted octanol–water partition coefficient (Wildman–Crippen LogP) is 3.95.